The fourth-order valence-electron chi connectivity index (χ4n) is 2.42. The zero-order valence-corrected chi connectivity index (χ0v) is 12.3. The van der Waals surface area contributed by atoms with Gasteiger partial charge in [0, 0.05) is 17.9 Å². The minimum absolute atomic E-state index is 0.0511. The minimum atomic E-state index is -0.960. The van der Waals surface area contributed by atoms with Crippen LogP contribution in [0.3, 0.4) is 0 Å². The Morgan fingerprint density at radius 3 is 2.52 bits per heavy atom. The van der Waals surface area contributed by atoms with Crippen LogP contribution in [0.5, 0.6) is 5.75 Å². The lowest BCUT2D eigenvalue weighted by Gasteiger charge is -2.17. The van der Waals surface area contributed by atoms with Gasteiger partial charge in [-0.05, 0) is 61.6 Å². The van der Waals surface area contributed by atoms with E-state index < -0.39 is 5.97 Å². The number of carboxylic acid groups (broad SMARTS) is 1. The van der Waals surface area contributed by atoms with Crippen molar-refractivity contribution in [3.05, 3.63) is 34.9 Å². The first kappa shape index (κ1) is 15.1. The summed E-state index contributed by atoms with van der Waals surface area (Å²) in [6.07, 6.45) is 5.35. The largest absolute Gasteiger partial charge is 0.492 e. The van der Waals surface area contributed by atoms with Crippen molar-refractivity contribution >= 4 is 12.0 Å². The van der Waals surface area contributed by atoms with Gasteiger partial charge in [-0.2, -0.15) is 5.26 Å². The summed E-state index contributed by atoms with van der Waals surface area (Å²) in [5.41, 5.74) is 2.86. The second-order valence-corrected chi connectivity index (χ2v) is 5.78. The van der Waals surface area contributed by atoms with Crippen LogP contribution in [0.2, 0.25) is 0 Å². The zero-order chi connectivity index (χ0) is 15.5. The van der Waals surface area contributed by atoms with E-state index in [4.69, 9.17) is 15.1 Å². The molecule has 1 aliphatic rings. The molecule has 0 heterocycles. The number of hydrogen-bond donors (Lipinski definition) is 1. The normalized spacial score (nSPS) is 15.7. The molecule has 0 amide bonds. The molecule has 1 aliphatic carbocycles. The molecular formula is C17H19NO3. The number of nitrogens with zero attached hydrogens (tertiary/aromatic N) is 1. The summed E-state index contributed by atoms with van der Waals surface area (Å²) >= 11 is 0. The second kappa shape index (κ2) is 6.01. The van der Waals surface area contributed by atoms with Crippen LogP contribution >= 0.6 is 0 Å². The van der Waals surface area contributed by atoms with Gasteiger partial charge in [-0.1, -0.05) is 0 Å². The summed E-state index contributed by atoms with van der Waals surface area (Å²) in [5, 5.41) is 17.5. The SMILES string of the molecule is Cc1cc(C=CC(=O)O)cc(C)c1OCC1(CC#N)CC1. The molecule has 1 N–H and O–H groups in total. The molecule has 1 saturated carbocycles. The van der Waals surface area contributed by atoms with Crippen molar-refractivity contribution in [2.24, 2.45) is 5.41 Å². The average molecular weight is 285 g/mol. The molecule has 2 rings (SSSR count). The van der Waals surface area contributed by atoms with Crippen molar-refractivity contribution in [1.29, 1.82) is 5.26 Å². The van der Waals surface area contributed by atoms with Crippen LogP contribution in [-0.2, 0) is 4.79 Å². The molecule has 0 aromatic heterocycles. The number of ether oxygens (including phenoxy) is 1. The summed E-state index contributed by atoms with van der Waals surface area (Å²) < 4.78 is 5.94. The van der Waals surface area contributed by atoms with E-state index in [1.165, 1.54) is 0 Å². The van der Waals surface area contributed by atoms with Gasteiger partial charge in [0.05, 0.1) is 12.7 Å². The second-order valence-electron chi connectivity index (χ2n) is 5.78. The predicted molar refractivity (Wildman–Crippen MR) is 80.0 cm³/mol. The average Bonchev–Trinajstić information content (AvgIpc) is 3.16. The Labute approximate surface area is 124 Å². The Morgan fingerprint density at radius 2 is 2.05 bits per heavy atom. The van der Waals surface area contributed by atoms with Crippen LogP contribution in [-0.4, -0.2) is 17.7 Å². The Morgan fingerprint density at radius 1 is 1.43 bits per heavy atom. The number of carbonyl (C=O) groups is 1. The Bertz CT molecular complexity index is 598. The Hall–Kier alpha value is -2.28. The van der Waals surface area contributed by atoms with Gasteiger partial charge < -0.3 is 9.84 Å². The summed E-state index contributed by atoms with van der Waals surface area (Å²) in [7, 11) is 0. The van der Waals surface area contributed by atoms with Crippen molar-refractivity contribution in [3.8, 4) is 11.8 Å². The van der Waals surface area contributed by atoms with Crippen LogP contribution in [0.1, 0.15) is 36.0 Å². The molecule has 1 aromatic rings. The lowest BCUT2D eigenvalue weighted by atomic mass is 10.0. The highest BCUT2D eigenvalue weighted by Gasteiger charge is 2.43. The number of aryl methyl sites for hydroxylation is 2. The lowest BCUT2D eigenvalue weighted by Crippen LogP contribution is -2.13. The first-order valence-corrected chi connectivity index (χ1v) is 6.98. The monoisotopic (exact) mass is 285 g/mol. The zero-order valence-electron chi connectivity index (χ0n) is 12.3. The van der Waals surface area contributed by atoms with Crippen molar-refractivity contribution in [2.75, 3.05) is 6.61 Å². The third-order valence-electron chi connectivity index (χ3n) is 3.83. The molecule has 0 aliphatic heterocycles. The molecule has 0 unspecified atom stereocenters. The molecule has 110 valence electrons. The van der Waals surface area contributed by atoms with E-state index in [0.717, 1.165) is 41.4 Å². The molecule has 0 bridgehead atoms. The predicted octanol–water partition coefficient (Wildman–Crippen LogP) is 3.47. The van der Waals surface area contributed by atoms with Crippen molar-refractivity contribution in [3.63, 3.8) is 0 Å². The fraction of sp³-hybridized carbons (Fsp3) is 0.412. The van der Waals surface area contributed by atoms with Crippen LogP contribution in [0.4, 0.5) is 0 Å². The molecule has 0 spiro atoms. The third-order valence-corrected chi connectivity index (χ3v) is 3.83. The van der Waals surface area contributed by atoms with Gasteiger partial charge in [-0.15, -0.1) is 0 Å². The van der Waals surface area contributed by atoms with Crippen LogP contribution in [0, 0.1) is 30.6 Å². The van der Waals surface area contributed by atoms with E-state index in [1.54, 1.807) is 6.08 Å². The van der Waals surface area contributed by atoms with E-state index in [-0.39, 0.29) is 5.41 Å². The summed E-state index contributed by atoms with van der Waals surface area (Å²) in [6, 6.07) is 6.04. The fourth-order valence-corrected chi connectivity index (χ4v) is 2.42. The highest BCUT2D eigenvalue weighted by molar-refractivity contribution is 5.85. The van der Waals surface area contributed by atoms with Gasteiger partial charge in [0.1, 0.15) is 5.75 Å². The van der Waals surface area contributed by atoms with Crippen LogP contribution in [0.25, 0.3) is 6.08 Å². The molecule has 1 aromatic carbocycles. The van der Waals surface area contributed by atoms with Crippen molar-refractivity contribution < 1.29 is 14.6 Å². The molecular weight excluding hydrogens is 266 g/mol. The van der Waals surface area contributed by atoms with Crippen LogP contribution < -0.4 is 4.74 Å². The van der Waals surface area contributed by atoms with E-state index in [9.17, 15) is 4.79 Å². The quantitative estimate of drug-likeness (QED) is 0.812. The van der Waals surface area contributed by atoms with Gasteiger partial charge in [0.2, 0.25) is 0 Å². The van der Waals surface area contributed by atoms with E-state index in [2.05, 4.69) is 6.07 Å². The van der Waals surface area contributed by atoms with Gasteiger partial charge >= 0.3 is 5.97 Å². The van der Waals surface area contributed by atoms with E-state index >= 15 is 0 Å². The maximum absolute atomic E-state index is 10.6. The number of aliphatic carboxylic acids is 1. The number of benzene rings is 1. The number of carboxylic acids is 1. The van der Waals surface area contributed by atoms with E-state index in [0.29, 0.717) is 13.0 Å². The topological polar surface area (TPSA) is 70.3 Å². The van der Waals surface area contributed by atoms with Gasteiger partial charge in [-0.25, -0.2) is 4.79 Å². The highest BCUT2D eigenvalue weighted by Crippen LogP contribution is 2.49. The number of rotatable bonds is 6. The molecule has 0 saturated heterocycles. The molecule has 0 atom stereocenters. The third kappa shape index (κ3) is 3.85. The number of hydrogen-bond acceptors (Lipinski definition) is 3. The molecule has 0 radical (unpaired) electrons. The molecule has 21 heavy (non-hydrogen) atoms. The smallest absolute Gasteiger partial charge is 0.328 e. The Balaban J connectivity index is 2.11. The van der Waals surface area contributed by atoms with E-state index in [1.807, 2.05) is 26.0 Å². The highest BCUT2D eigenvalue weighted by atomic mass is 16.5. The first-order chi connectivity index (χ1) is 9.96. The van der Waals surface area contributed by atoms with Crippen molar-refractivity contribution in [2.45, 2.75) is 33.1 Å². The summed E-state index contributed by atoms with van der Waals surface area (Å²) in [5.74, 6) is -0.121. The minimum Gasteiger partial charge on any atom is -0.492 e. The maximum Gasteiger partial charge on any atom is 0.328 e. The van der Waals surface area contributed by atoms with Crippen molar-refractivity contribution in [1.82, 2.24) is 0 Å². The summed E-state index contributed by atoms with van der Waals surface area (Å²) in [4.78, 5) is 10.6. The Kier molecular flexibility index (Phi) is 4.32. The molecule has 4 heteroatoms. The maximum atomic E-state index is 10.6. The molecule has 1 fully saturated rings. The number of nitriles is 1. The first-order valence-electron chi connectivity index (χ1n) is 6.98. The van der Waals surface area contributed by atoms with Crippen LogP contribution in [0.15, 0.2) is 18.2 Å². The summed E-state index contributed by atoms with van der Waals surface area (Å²) in [6.45, 7) is 4.47. The lowest BCUT2D eigenvalue weighted by molar-refractivity contribution is -0.131. The molecule has 4 nitrogen and oxygen atoms in total. The van der Waals surface area contributed by atoms with Gasteiger partial charge in [0.25, 0.3) is 0 Å². The van der Waals surface area contributed by atoms with Gasteiger partial charge in [0.15, 0.2) is 0 Å². The van der Waals surface area contributed by atoms with Gasteiger partial charge in [-0.3, -0.25) is 0 Å². The standard InChI is InChI=1S/C17H19NO3/c1-12-9-14(3-4-15(19)20)10-13(2)16(12)21-11-17(5-6-17)7-8-18/h3-4,9-10H,5-7,11H2,1-2H3,(H,19,20).